The molecule has 0 N–H and O–H groups in total. The smallest absolute Gasteiger partial charge is 0.300 e. The first-order chi connectivity index (χ1) is 6.46. The average Bonchev–Trinajstić information content (AvgIpc) is 2.15. The van der Waals surface area contributed by atoms with Gasteiger partial charge in [-0.2, -0.15) is 13.2 Å². The molecule has 1 unspecified atom stereocenters. The maximum Gasteiger partial charge on any atom is 0.416 e. The number of rotatable bonds is 2. The van der Waals surface area contributed by atoms with Gasteiger partial charge in [0, 0.05) is 5.56 Å². The third-order valence-electron chi connectivity index (χ3n) is 1.68. The minimum atomic E-state index is -4.63. The van der Waals surface area contributed by atoms with E-state index in [1.54, 1.807) is 0 Å². The van der Waals surface area contributed by atoms with E-state index in [0.717, 1.165) is 18.2 Å². The van der Waals surface area contributed by atoms with Crippen molar-refractivity contribution in [1.82, 2.24) is 0 Å². The van der Waals surface area contributed by atoms with Gasteiger partial charge in [-0.1, -0.05) is 18.2 Å². The van der Waals surface area contributed by atoms with Crippen molar-refractivity contribution in [3.63, 3.8) is 0 Å². The summed E-state index contributed by atoms with van der Waals surface area (Å²) in [5.74, 6) is 0. The summed E-state index contributed by atoms with van der Waals surface area (Å²) in [5, 5.41) is 0. The molecule has 0 aliphatic rings. The molecule has 1 aromatic rings. The fourth-order valence-corrected chi connectivity index (χ4v) is 1.07. The van der Waals surface area contributed by atoms with Gasteiger partial charge in [0.25, 0.3) is 0 Å². The molecule has 0 heterocycles. The van der Waals surface area contributed by atoms with Crippen LogP contribution in [0, 0.1) is 0 Å². The van der Waals surface area contributed by atoms with Gasteiger partial charge in [0.1, 0.15) is 0 Å². The summed E-state index contributed by atoms with van der Waals surface area (Å²) < 4.78 is 49.6. The molecule has 0 fully saturated rings. The van der Waals surface area contributed by atoms with Crippen LogP contribution in [0.5, 0.6) is 0 Å². The zero-order chi connectivity index (χ0) is 10.8. The predicted molar refractivity (Wildman–Crippen MR) is 41.4 cm³/mol. The van der Waals surface area contributed by atoms with E-state index in [4.69, 9.17) is 0 Å². The van der Waals surface area contributed by atoms with E-state index in [9.17, 15) is 22.4 Å². The van der Waals surface area contributed by atoms with Crippen LogP contribution in [-0.4, -0.2) is 6.29 Å². The van der Waals surface area contributed by atoms with Crippen LogP contribution in [0.3, 0.4) is 0 Å². The molecule has 1 rings (SSSR count). The first-order valence-electron chi connectivity index (χ1n) is 3.72. The van der Waals surface area contributed by atoms with Gasteiger partial charge in [-0.15, -0.1) is 0 Å². The van der Waals surface area contributed by atoms with Gasteiger partial charge < -0.3 is 0 Å². The average molecular weight is 206 g/mol. The Labute approximate surface area is 77.3 Å². The second kappa shape index (κ2) is 3.77. The van der Waals surface area contributed by atoms with Crippen molar-refractivity contribution in [2.45, 2.75) is 12.3 Å². The molecule has 1 aromatic carbocycles. The SMILES string of the molecule is O=CC(F)c1ccccc1C(F)(F)F. The Morgan fingerprint density at radius 2 is 1.79 bits per heavy atom. The number of halogens is 4. The predicted octanol–water partition coefficient (Wildman–Crippen LogP) is 2.91. The van der Waals surface area contributed by atoms with Crippen LogP contribution in [-0.2, 0) is 11.0 Å². The van der Waals surface area contributed by atoms with Crippen LogP contribution in [0.15, 0.2) is 24.3 Å². The Bertz CT molecular complexity index is 332. The van der Waals surface area contributed by atoms with Crippen molar-refractivity contribution in [2.75, 3.05) is 0 Å². The van der Waals surface area contributed by atoms with E-state index in [1.165, 1.54) is 6.07 Å². The quantitative estimate of drug-likeness (QED) is 0.537. The Morgan fingerprint density at radius 1 is 1.21 bits per heavy atom. The zero-order valence-corrected chi connectivity index (χ0v) is 6.88. The summed E-state index contributed by atoms with van der Waals surface area (Å²) in [7, 11) is 0. The molecule has 14 heavy (non-hydrogen) atoms. The van der Waals surface area contributed by atoms with E-state index in [-0.39, 0.29) is 6.29 Å². The van der Waals surface area contributed by atoms with Crippen molar-refractivity contribution in [3.8, 4) is 0 Å². The van der Waals surface area contributed by atoms with Crippen LogP contribution in [0.2, 0.25) is 0 Å². The van der Waals surface area contributed by atoms with Crippen LogP contribution in [0.4, 0.5) is 17.6 Å². The summed E-state index contributed by atoms with van der Waals surface area (Å²) in [6.07, 6.45) is -7.03. The lowest BCUT2D eigenvalue weighted by atomic mass is 10.0. The number of carbonyl (C=O) groups is 1. The second-order valence-electron chi connectivity index (χ2n) is 2.62. The topological polar surface area (TPSA) is 17.1 Å². The molecule has 76 valence electrons. The van der Waals surface area contributed by atoms with E-state index in [1.807, 2.05) is 0 Å². The number of hydrogen-bond acceptors (Lipinski definition) is 1. The van der Waals surface area contributed by atoms with Crippen LogP contribution >= 0.6 is 0 Å². The lowest BCUT2D eigenvalue weighted by molar-refractivity contribution is -0.138. The summed E-state index contributed by atoms with van der Waals surface area (Å²) in [4.78, 5) is 10.0. The van der Waals surface area contributed by atoms with E-state index >= 15 is 0 Å². The van der Waals surface area contributed by atoms with Crippen molar-refractivity contribution >= 4 is 6.29 Å². The molecular weight excluding hydrogens is 200 g/mol. The molecule has 0 aromatic heterocycles. The molecular formula is C9H6F4O. The van der Waals surface area contributed by atoms with Gasteiger partial charge in [0.2, 0.25) is 0 Å². The van der Waals surface area contributed by atoms with Gasteiger partial charge in [0.15, 0.2) is 12.5 Å². The Morgan fingerprint density at radius 3 is 2.29 bits per heavy atom. The summed E-state index contributed by atoms with van der Waals surface area (Å²) >= 11 is 0. The molecule has 0 radical (unpaired) electrons. The lowest BCUT2D eigenvalue weighted by Gasteiger charge is -2.12. The number of carbonyl (C=O) groups excluding carboxylic acids is 1. The normalized spacial score (nSPS) is 13.7. The molecule has 0 saturated carbocycles. The number of alkyl halides is 4. The van der Waals surface area contributed by atoms with Gasteiger partial charge in [-0.3, -0.25) is 4.79 Å². The molecule has 0 saturated heterocycles. The fraction of sp³-hybridized carbons (Fsp3) is 0.222. The van der Waals surface area contributed by atoms with E-state index < -0.39 is 23.5 Å². The summed E-state index contributed by atoms with van der Waals surface area (Å²) in [6, 6.07) is 4.08. The third kappa shape index (κ3) is 2.10. The van der Waals surface area contributed by atoms with Crippen molar-refractivity contribution < 1.29 is 22.4 Å². The monoisotopic (exact) mass is 206 g/mol. The first-order valence-corrected chi connectivity index (χ1v) is 3.72. The minimum Gasteiger partial charge on any atom is -0.300 e. The van der Waals surface area contributed by atoms with Crippen LogP contribution in [0.25, 0.3) is 0 Å². The highest BCUT2D eigenvalue weighted by molar-refractivity contribution is 5.61. The van der Waals surface area contributed by atoms with Crippen molar-refractivity contribution in [2.24, 2.45) is 0 Å². The van der Waals surface area contributed by atoms with Gasteiger partial charge in [-0.05, 0) is 6.07 Å². The van der Waals surface area contributed by atoms with E-state index in [0.29, 0.717) is 0 Å². The summed E-state index contributed by atoms with van der Waals surface area (Å²) in [5.41, 5.74) is -1.75. The highest BCUT2D eigenvalue weighted by atomic mass is 19.4. The maximum absolute atomic E-state index is 12.8. The fourth-order valence-electron chi connectivity index (χ4n) is 1.07. The lowest BCUT2D eigenvalue weighted by Crippen LogP contribution is -2.10. The maximum atomic E-state index is 12.8. The largest absolute Gasteiger partial charge is 0.416 e. The van der Waals surface area contributed by atoms with Crippen LogP contribution in [0.1, 0.15) is 17.3 Å². The first kappa shape index (κ1) is 10.7. The Kier molecular flexibility index (Phi) is 2.88. The van der Waals surface area contributed by atoms with Gasteiger partial charge in [-0.25, -0.2) is 4.39 Å². The Balaban J connectivity index is 3.22. The minimum absolute atomic E-state index is 0.162. The summed E-state index contributed by atoms with van der Waals surface area (Å²) in [6.45, 7) is 0. The van der Waals surface area contributed by atoms with Gasteiger partial charge in [0.05, 0.1) is 5.56 Å². The molecule has 5 heteroatoms. The zero-order valence-electron chi connectivity index (χ0n) is 6.88. The molecule has 0 spiro atoms. The Hall–Kier alpha value is -1.39. The number of hydrogen-bond donors (Lipinski definition) is 0. The molecule has 1 nitrogen and oxygen atoms in total. The van der Waals surface area contributed by atoms with E-state index in [2.05, 4.69) is 0 Å². The van der Waals surface area contributed by atoms with Crippen LogP contribution < -0.4 is 0 Å². The molecule has 1 atom stereocenters. The number of benzene rings is 1. The molecule has 0 aliphatic heterocycles. The molecule has 0 bridgehead atoms. The highest BCUT2D eigenvalue weighted by Gasteiger charge is 2.34. The molecule has 0 aliphatic carbocycles. The van der Waals surface area contributed by atoms with Crippen molar-refractivity contribution in [3.05, 3.63) is 35.4 Å². The van der Waals surface area contributed by atoms with Gasteiger partial charge >= 0.3 is 6.18 Å². The second-order valence-corrected chi connectivity index (χ2v) is 2.62. The standard InChI is InChI=1S/C9H6F4O/c10-8(5-14)6-3-1-2-4-7(6)9(11,12)13/h1-5,8H. The number of aldehydes is 1. The highest BCUT2D eigenvalue weighted by Crippen LogP contribution is 2.34. The third-order valence-corrected chi connectivity index (χ3v) is 1.68. The van der Waals surface area contributed by atoms with Crippen molar-refractivity contribution in [1.29, 1.82) is 0 Å². The molecule has 0 amide bonds.